The molecule has 0 saturated carbocycles. The van der Waals surface area contributed by atoms with Crippen LogP contribution in [0.2, 0.25) is 10.0 Å². The van der Waals surface area contributed by atoms with Gasteiger partial charge in [0.15, 0.2) is 0 Å². The van der Waals surface area contributed by atoms with Gasteiger partial charge in [-0.2, -0.15) is 0 Å². The Morgan fingerprint density at radius 3 is 2.62 bits per heavy atom. The lowest BCUT2D eigenvalue weighted by Gasteiger charge is -1.99. The molecule has 0 saturated heterocycles. The number of hydrogen-bond donors (Lipinski definition) is 1. The van der Waals surface area contributed by atoms with E-state index in [1.54, 1.807) is 36.4 Å². The van der Waals surface area contributed by atoms with Gasteiger partial charge in [-0.1, -0.05) is 29.8 Å². The number of benzene rings is 1. The van der Waals surface area contributed by atoms with Crippen LogP contribution in [0.3, 0.4) is 0 Å². The molecule has 0 radical (unpaired) electrons. The minimum absolute atomic E-state index is 0.324. The first-order valence-electron chi connectivity index (χ1n) is 5.98. The summed E-state index contributed by atoms with van der Waals surface area (Å²) in [5, 5.41) is 4.05. The van der Waals surface area contributed by atoms with Crippen molar-refractivity contribution in [1.29, 1.82) is 0 Å². The molecular weight excluding hydrogens is 313 g/mol. The summed E-state index contributed by atoms with van der Waals surface area (Å²) in [6.45, 7) is 3.67. The molecule has 0 spiro atoms. The Bertz CT molecular complexity index is 935. The fourth-order valence-electron chi connectivity index (χ4n) is 1.86. The third-order valence-corrected chi connectivity index (χ3v) is 3.67. The standard InChI is InChI=1S/C15H9Cl2NO3/c1-8-11(15(19)21-18-8)7-10-3-5-14(20-10)9-2-4-12(16)13(17)6-9/h2-7,18H,1H2. The van der Waals surface area contributed by atoms with Gasteiger partial charge in [-0.15, -0.1) is 0 Å². The number of hydrogen-bond acceptors (Lipinski definition) is 3. The molecule has 0 bridgehead atoms. The number of halogens is 2. The van der Waals surface area contributed by atoms with Crippen molar-refractivity contribution in [3.05, 3.63) is 67.1 Å². The molecule has 21 heavy (non-hydrogen) atoms. The van der Waals surface area contributed by atoms with Gasteiger partial charge < -0.3 is 8.94 Å². The Morgan fingerprint density at radius 1 is 1.14 bits per heavy atom. The number of aromatic amines is 1. The third kappa shape index (κ3) is 2.68. The Kier molecular flexibility index (Phi) is 3.49. The van der Waals surface area contributed by atoms with E-state index < -0.39 is 5.63 Å². The van der Waals surface area contributed by atoms with Crippen LogP contribution in [0.1, 0.15) is 5.76 Å². The molecule has 0 aliphatic rings. The van der Waals surface area contributed by atoms with Crippen LogP contribution in [0.5, 0.6) is 0 Å². The lowest BCUT2D eigenvalue weighted by molar-refractivity contribution is 0.386. The summed E-state index contributed by atoms with van der Waals surface area (Å²) in [5.74, 6) is 1.12. The van der Waals surface area contributed by atoms with Crippen LogP contribution < -0.4 is 16.2 Å². The average Bonchev–Trinajstić information content (AvgIpc) is 3.04. The van der Waals surface area contributed by atoms with Crippen LogP contribution in [0, 0.1) is 0 Å². The molecule has 6 heteroatoms. The first-order chi connectivity index (χ1) is 10.0. The SMILES string of the molecule is C=c1[nH]oc(=O)c1=Cc1ccc(-c2ccc(Cl)c(Cl)c2)o1. The second-order valence-corrected chi connectivity index (χ2v) is 5.17. The summed E-state index contributed by atoms with van der Waals surface area (Å²) in [6, 6.07) is 8.73. The lowest BCUT2D eigenvalue weighted by atomic mass is 10.2. The van der Waals surface area contributed by atoms with Gasteiger partial charge in [-0.05, 0) is 36.4 Å². The topological polar surface area (TPSA) is 59.1 Å². The quantitative estimate of drug-likeness (QED) is 0.789. The van der Waals surface area contributed by atoms with Gasteiger partial charge >= 0.3 is 5.63 Å². The van der Waals surface area contributed by atoms with Crippen LogP contribution in [0.15, 0.2) is 44.1 Å². The number of aromatic nitrogens is 1. The highest BCUT2D eigenvalue weighted by atomic mass is 35.5. The van der Waals surface area contributed by atoms with Crippen molar-refractivity contribution in [3.8, 4) is 11.3 Å². The van der Waals surface area contributed by atoms with E-state index in [1.807, 2.05) is 0 Å². The molecule has 0 unspecified atom stereocenters. The second kappa shape index (κ2) is 5.31. The molecule has 0 atom stereocenters. The Hall–Kier alpha value is -2.17. The molecule has 0 aliphatic heterocycles. The summed E-state index contributed by atoms with van der Waals surface area (Å²) in [6.07, 6.45) is 1.56. The smallest absolute Gasteiger partial charge is 0.365 e. The van der Waals surface area contributed by atoms with Gasteiger partial charge in [-0.3, -0.25) is 0 Å². The highest BCUT2D eigenvalue weighted by molar-refractivity contribution is 6.42. The first-order valence-corrected chi connectivity index (χ1v) is 6.73. The normalized spacial score (nSPS) is 12.0. The third-order valence-electron chi connectivity index (χ3n) is 2.93. The molecule has 2 aromatic heterocycles. The predicted molar refractivity (Wildman–Crippen MR) is 81.8 cm³/mol. The van der Waals surface area contributed by atoms with E-state index in [0.29, 0.717) is 32.1 Å². The zero-order valence-corrected chi connectivity index (χ0v) is 12.2. The molecular formula is C15H9Cl2NO3. The van der Waals surface area contributed by atoms with Crippen molar-refractivity contribution >= 4 is 35.9 Å². The zero-order valence-electron chi connectivity index (χ0n) is 10.7. The Morgan fingerprint density at radius 2 is 1.95 bits per heavy atom. The number of H-pyrrole nitrogens is 1. The van der Waals surface area contributed by atoms with Crippen molar-refractivity contribution in [3.63, 3.8) is 0 Å². The van der Waals surface area contributed by atoms with Crippen molar-refractivity contribution in [2.75, 3.05) is 0 Å². The maximum atomic E-state index is 11.5. The molecule has 2 heterocycles. The van der Waals surface area contributed by atoms with Gasteiger partial charge in [0.05, 0.1) is 20.6 Å². The van der Waals surface area contributed by atoms with Crippen molar-refractivity contribution in [2.24, 2.45) is 0 Å². The first kappa shape index (κ1) is 13.8. The van der Waals surface area contributed by atoms with Crippen molar-refractivity contribution in [1.82, 2.24) is 5.16 Å². The predicted octanol–water partition coefficient (Wildman–Crippen LogP) is 2.77. The van der Waals surface area contributed by atoms with E-state index in [-0.39, 0.29) is 0 Å². The lowest BCUT2D eigenvalue weighted by Crippen LogP contribution is -2.31. The highest BCUT2D eigenvalue weighted by Gasteiger charge is 2.07. The van der Waals surface area contributed by atoms with Gasteiger partial charge in [0.2, 0.25) is 0 Å². The molecule has 106 valence electrons. The van der Waals surface area contributed by atoms with E-state index in [0.717, 1.165) is 5.56 Å². The number of furan rings is 1. The summed E-state index contributed by atoms with van der Waals surface area (Å²) in [4.78, 5) is 11.5. The van der Waals surface area contributed by atoms with E-state index in [2.05, 4.69) is 16.3 Å². The number of rotatable bonds is 2. The van der Waals surface area contributed by atoms with Gasteiger partial charge in [0, 0.05) is 5.56 Å². The Labute approximate surface area is 128 Å². The van der Waals surface area contributed by atoms with Crippen LogP contribution in [-0.2, 0) is 0 Å². The average molecular weight is 322 g/mol. The molecule has 3 rings (SSSR count). The van der Waals surface area contributed by atoms with E-state index >= 15 is 0 Å². The zero-order chi connectivity index (χ0) is 15.0. The van der Waals surface area contributed by atoms with Gasteiger partial charge in [0.25, 0.3) is 0 Å². The molecule has 1 aromatic carbocycles. The molecule has 0 amide bonds. The van der Waals surface area contributed by atoms with Crippen molar-refractivity contribution in [2.45, 2.75) is 0 Å². The minimum atomic E-state index is -0.493. The van der Waals surface area contributed by atoms with Gasteiger partial charge in [0.1, 0.15) is 11.5 Å². The monoisotopic (exact) mass is 321 g/mol. The van der Waals surface area contributed by atoms with Crippen LogP contribution in [0.4, 0.5) is 0 Å². The summed E-state index contributed by atoms with van der Waals surface area (Å²) in [5.41, 5.74) is 0.299. The summed E-state index contributed by atoms with van der Waals surface area (Å²) in [7, 11) is 0. The minimum Gasteiger partial charge on any atom is -0.457 e. The molecule has 3 aromatic rings. The highest BCUT2D eigenvalue weighted by Crippen LogP contribution is 2.29. The van der Waals surface area contributed by atoms with Crippen LogP contribution >= 0.6 is 23.2 Å². The maximum absolute atomic E-state index is 11.5. The fourth-order valence-corrected chi connectivity index (χ4v) is 2.16. The molecule has 4 nitrogen and oxygen atoms in total. The molecule has 1 N–H and O–H groups in total. The van der Waals surface area contributed by atoms with E-state index in [9.17, 15) is 4.79 Å². The molecule has 0 fully saturated rings. The van der Waals surface area contributed by atoms with Crippen LogP contribution in [0.25, 0.3) is 24.0 Å². The number of nitrogens with one attached hydrogen (secondary N) is 1. The second-order valence-electron chi connectivity index (χ2n) is 4.36. The maximum Gasteiger partial charge on any atom is 0.365 e. The summed E-state index contributed by atoms with van der Waals surface area (Å²) < 4.78 is 10.3. The largest absolute Gasteiger partial charge is 0.457 e. The van der Waals surface area contributed by atoms with Gasteiger partial charge in [-0.25, -0.2) is 9.95 Å². The van der Waals surface area contributed by atoms with E-state index in [1.165, 1.54) is 0 Å². The fraction of sp³-hybridized carbons (Fsp3) is 0. The summed E-state index contributed by atoms with van der Waals surface area (Å²) >= 11 is 11.9. The Balaban J connectivity index is 2.05. The van der Waals surface area contributed by atoms with Crippen molar-refractivity contribution < 1.29 is 8.94 Å². The van der Waals surface area contributed by atoms with E-state index in [4.69, 9.17) is 27.6 Å². The molecule has 0 aliphatic carbocycles. The van der Waals surface area contributed by atoms with Crippen LogP contribution in [-0.4, -0.2) is 5.16 Å².